The number of carbonyl (C=O) groups excluding carboxylic acids is 1. The van der Waals surface area contributed by atoms with E-state index in [4.69, 9.17) is 9.47 Å². The number of para-hydroxylation sites is 1. The molecule has 0 saturated heterocycles. The number of H-pyrrole nitrogens is 1. The van der Waals surface area contributed by atoms with E-state index >= 15 is 0 Å². The number of aromatic nitrogens is 2. The van der Waals surface area contributed by atoms with Crippen molar-refractivity contribution in [1.29, 1.82) is 0 Å². The van der Waals surface area contributed by atoms with Gasteiger partial charge in [-0.2, -0.15) is 5.10 Å². The van der Waals surface area contributed by atoms with Gasteiger partial charge >= 0.3 is 0 Å². The van der Waals surface area contributed by atoms with E-state index in [0.29, 0.717) is 47.3 Å². The Kier molecular flexibility index (Phi) is 6.61. The number of rotatable bonds is 8. The van der Waals surface area contributed by atoms with Gasteiger partial charge in [0.25, 0.3) is 5.91 Å². The van der Waals surface area contributed by atoms with Gasteiger partial charge in [-0.3, -0.25) is 9.89 Å². The van der Waals surface area contributed by atoms with Crippen LogP contribution in [0.5, 0.6) is 17.2 Å². The summed E-state index contributed by atoms with van der Waals surface area (Å²) in [4.78, 5) is 15.6. The van der Waals surface area contributed by atoms with Crippen molar-refractivity contribution in [2.24, 2.45) is 0 Å². The van der Waals surface area contributed by atoms with E-state index < -0.39 is 0 Å². The number of hydrogen-bond acceptors (Lipinski definition) is 5. The summed E-state index contributed by atoms with van der Waals surface area (Å²) in [6, 6.07) is 21.0. The van der Waals surface area contributed by atoms with Crippen molar-refractivity contribution in [1.82, 2.24) is 15.1 Å². The summed E-state index contributed by atoms with van der Waals surface area (Å²) in [6.07, 6.45) is 0.635. The van der Waals surface area contributed by atoms with Crippen LogP contribution in [-0.4, -0.2) is 46.9 Å². The number of fused-ring (bicyclic) bond motifs is 1. The molecule has 0 aliphatic carbocycles. The Morgan fingerprint density at radius 2 is 1.73 bits per heavy atom. The number of hydrogen-bond donors (Lipinski definition) is 2. The van der Waals surface area contributed by atoms with Gasteiger partial charge in [0.1, 0.15) is 17.1 Å². The molecule has 190 valence electrons. The van der Waals surface area contributed by atoms with Crippen LogP contribution in [0.3, 0.4) is 0 Å². The van der Waals surface area contributed by atoms with E-state index in [-0.39, 0.29) is 17.7 Å². The Hall–Kier alpha value is -4.26. The van der Waals surface area contributed by atoms with Crippen LogP contribution < -0.4 is 9.47 Å². The van der Waals surface area contributed by atoms with E-state index in [2.05, 4.69) is 48.3 Å². The first kappa shape index (κ1) is 24.4. The minimum absolute atomic E-state index is 0.109. The van der Waals surface area contributed by atoms with Crippen molar-refractivity contribution in [2.45, 2.75) is 32.2 Å². The molecule has 0 fully saturated rings. The van der Waals surface area contributed by atoms with Gasteiger partial charge in [0.2, 0.25) is 0 Å². The molecule has 7 heteroatoms. The Labute approximate surface area is 216 Å². The van der Waals surface area contributed by atoms with Crippen LogP contribution in [0, 0.1) is 0 Å². The zero-order valence-electron chi connectivity index (χ0n) is 21.5. The molecule has 0 radical (unpaired) electrons. The lowest BCUT2D eigenvalue weighted by atomic mass is 9.93. The van der Waals surface area contributed by atoms with Crippen LogP contribution in [0.1, 0.15) is 58.5 Å². The largest absolute Gasteiger partial charge is 0.507 e. The Morgan fingerprint density at radius 3 is 2.41 bits per heavy atom. The third-order valence-corrected chi connectivity index (χ3v) is 7.03. The first-order valence-electron chi connectivity index (χ1n) is 12.4. The number of carbonyl (C=O) groups is 1. The maximum Gasteiger partial charge on any atom is 0.273 e. The van der Waals surface area contributed by atoms with Crippen molar-refractivity contribution in [2.75, 3.05) is 20.8 Å². The standard InChI is InChI=1S/C30H31N3O4/c1-18(2)20-10-12-21(13-11-20)29-26-27(22-7-5-6-8-23(22)34)31-32-28(26)30(35)33(29)16-15-19-9-14-24(36-3)25(17-19)37-4/h5-14,17-18,29,34H,15-16H2,1-4H3,(H,31,32)/t29-/m1/s1. The number of aromatic hydroxyl groups is 1. The molecule has 0 unspecified atom stereocenters. The van der Waals surface area contributed by atoms with E-state index in [1.807, 2.05) is 35.2 Å². The predicted molar refractivity (Wildman–Crippen MR) is 142 cm³/mol. The predicted octanol–water partition coefficient (Wildman–Crippen LogP) is 5.71. The molecule has 2 heterocycles. The summed E-state index contributed by atoms with van der Waals surface area (Å²) in [5.74, 6) is 1.75. The summed E-state index contributed by atoms with van der Waals surface area (Å²) < 4.78 is 10.8. The number of phenolic OH excluding ortho intramolecular Hbond substituents is 1. The van der Waals surface area contributed by atoms with Gasteiger partial charge in [-0.25, -0.2) is 0 Å². The zero-order valence-corrected chi connectivity index (χ0v) is 21.5. The smallest absolute Gasteiger partial charge is 0.273 e. The molecule has 2 N–H and O–H groups in total. The minimum atomic E-state index is -0.336. The molecular formula is C30H31N3O4. The molecule has 1 aliphatic rings. The van der Waals surface area contributed by atoms with Crippen LogP contribution in [0.15, 0.2) is 66.7 Å². The Bertz CT molecular complexity index is 1430. The molecule has 1 aromatic heterocycles. The quantitative estimate of drug-likeness (QED) is 0.326. The van der Waals surface area contributed by atoms with Gasteiger partial charge in [-0.15, -0.1) is 0 Å². The third kappa shape index (κ3) is 4.42. The molecule has 0 bridgehead atoms. The number of benzene rings is 3. The van der Waals surface area contributed by atoms with E-state index in [1.54, 1.807) is 26.4 Å². The topological polar surface area (TPSA) is 87.7 Å². The summed E-state index contributed by atoms with van der Waals surface area (Å²) in [6.45, 7) is 4.82. The maximum atomic E-state index is 13.7. The van der Waals surface area contributed by atoms with E-state index in [9.17, 15) is 9.90 Å². The highest BCUT2D eigenvalue weighted by molar-refractivity contribution is 6.00. The lowest BCUT2D eigenvalue weighted by Crippen LogP contribution is -2.31. The fourth-order valence-corrected chi connectivity index (χ4v) is 5.00. The Morgan fingerprint density at radius 1 is 1.00 bits per heavy atom. The fourth-order valence-electron chi connectivity index (χ4n) is 5.00. The van der Waals surface area contributed by atoms with Gasteiger partial charge in [-0.05, 0) is 53.3 Å². The normalized spacial score (nSPS) is 14.8. The molecule has 4 aromatic rings. The van der Waals surface area contributed by atoms with Gasteiger partial charge in [0, 0.05) is 17.7 Å². The van der Waals surface area contributed by atoms with Crippen molar-refractivity contribution < 1.29 is 19.4 Å². The molecule has 37 heavy (non-hydrogen) atoms. The molecule has 0 saturated carbocycles. The molecule has 1 atom stereocenters. The van der Waals surface area contributed by atoms with Crippen molar-refractivity contribution in [3.8, 4) is 28.5 Å². The van der Waals surface area contributed by atoms with Crippen molar-refractivity contribution in [3.63, 3.8) is 0 Å². The minimum Gasteiger partial charge on any atom is -0.507 e. The van der Waals surface area contributed by atoms with Crippen molar-refractivity contribution >= 4 is 5.91 Å². The van der Waals surface area contributed by atoms with Crippen LogP contribution in [-0.2, 0) is 6.42 Å². The van der Waals surface area contributed by atoms with Crippen LogP contribution in [0.2, 0.25) is 0 Å². The average Bonchev–Trinajstić information content (AvgIpc) is 3.46. The second kappa shape index (κ2) is 10.0. The molecule has 1 aliphatic heterocycles. The van der Waals surface area contributed by atoms with E-state index in [0.717, 1.165) is 16.7 Å². The number of nitrogens with one attached hydrogen (secondary N) is 1. The molecule has 1 amide bonds. The van der Waals surface area contributed by atoms with Crippen LogP contribution in [0.25, 0.3) is 11.3 Å². The third-order valence-electron chi connectivity index (χ3n) is 7.03. The van der Waals surface area contributed by atoms with Gasteiger partial charge in [-0.1, -0.05) is 56.3 Å². The SMILES string of the molecule is COc1ccc(CCN2C(=O)c3[nH]nc(-c4ccccc4O)c3[C@H]2c2ccc(C(C)C)cc2)cc1OC. The Balaban J connectivity index is 1.54. The summed E-state index contributed by atoms with van der Waals surface area (Å²) in [5.41, 5.74) is 5.71. The number of aromatic amines is 1. The molecule has 7 nitrogen and oxygen atoms in total. The number of ether oxygens (including phenoxy) is 2. The molecule has 0 spiro atoms. The number of methoxy groups -OCH3 is 2. The lowest BCUT2D eigenvalue weighted by molar-refractivity contribution is 0.0746. The van der Waals surface area contributed by atoms with Gasteiger partial charge < -0.3 is 19.5 Å². The monoisotopic (exact) mass is 497 g/mol. The summed E-state index contributed by atoms with van der Waals surface area (Å²) in [7, 11) is 3.22. The van der Waals surface area contributed by atoms with Gasteiger partial charge in [0.15, 0.2) is 11.5 Å². The maximum absolute atomic E-state index is 13.7. The number of amides is 1. The molecule has 3 aromatic carbocycles. The van der Waals surface area contributed by atoms with Crippen molar-refractivity contribution in [3.05, 3.63) is 94.7 Å². The number of nitrogens with zero attached hydrogens (tertiary/aromatic N) is 2. The second-order valence-electron chi connectivity index (χ2n) is 9.54. The molecule has 5 rings (SSSR count). The lowest BCUT2D eigenvalue weighted by Gasteiger charge is -2.27. The molecular weight excluding hydrogens is 466 g/mol. The summed E-state index contributed by atoms with van der Waals surface area (Å²) in [5, 5.41) is 18.0. The first-order valence-corrected chi connectivity index (χ1v) is 12.4. The highest BCUT2D eigenvalue weighted by Gasteiger charge is 2.42. The zero-order chi connectivity index (χ0) is 26.1. The van der Waals surface area contributed by atoms with Crippen LogP contribution >= 0.6 is 0 Å². The first-order chi connectivity index (χ1) is 17.9. The summed E-state index contributed by atoms with van der Waals surface area (Å²) >= 11 is 0. The van der Waals surface area contributed by atoms with Crippen LogP contribution in [0.4, 0.5) is 0 Å². The highest BCUT2D eigenvalue weighted by Crippen LogP contribution is 2.44. The second-order valence-corrected chi connectivity index (χ2v) is 9.54. The van der Waals surface area contributed by atoms with Gasteiger partial charge in [0.05, 0.1) is 20.3 Å². The van der Waals surface area contributed by atoms with E-state index in [1.165, 1.54) is 5.56 Å². The number of phenols is 1. The average molecular weight is 498 g/mol. The fraction of sp³-hybridized carbons (Fsp3) is 0.267. The highest BCUT2D eigenvalue weighted by atomic mass is 16.5.